The summed E-state index contributed by atoms with van der Waals surface area (Å²) in [7, 11) is 0. The third-order valence-corrected chi connectivity index (χ3v) is 7.34. The monoisotopic (exact) mass is 597 g/mol. The van der Waals surface area contributed by atoms with E-state index in [4.69, 9.17) is 8.22 Å². The molecule has 0 fully saturated rings. The molecule has 0 aromatic heterocycles. The zero-order valence-corrected chi connectivity index (χ0v) is 28.7. The van der Waals surface area contributed by atoms with Crippen LogP contribution in [-0.4, -0.2) is 35.0 Å². The van der Waals surface area contributed by atoms with E-state index in [1.807, 2.05) is 0 Å². The molecule has 0 amide bonds. The number of carbonyl (C=O) groups excluding carboxylic acids is 2. The Kier molecular flexibility index (Phi) is 34.3. The fourth-order valence-corrected chi connectivity index (χ4v) is 4.84. The van der Waals surface area contributed by atoms with Crippen molar-refractivity contribution in [3.05, 3.63) is 0 Å². The van der Waals surface area contributed by atoms with E-state index in [2.05, 4.69) is 13.8 Å². The van der Waals surface area contributed by atoms with Crippen LogP contribution in [0.5, 0.6) is 0 Å². The molecule has 2 atom stereocenters. The topological polar surface area (TPSA) is 80.3 Å². The van der Waals surface area contributed by atoms with Crippen LogP contribution in [0.3, 0.4) is 0 Å². The molecule has 0 aliphatic heterocycles. The van der Waals surface area contributed by atoms with Crippen LogP contribution in [0.15, 0.2) is 0 Å². The Morgan fingerprint density at radius 2 is 0.561 bits per heavy atom. The van der Waals surface area contributed by atoms with E-state index >= 15 is 0 Å². The Labute approximate surface area is 281 Å². The number of aliphatic carboxylic acids is 2. The average molecular weight is 597 g/mol. The fourth-order valence-electron chi connectivity index (χ4n) is 4.84. The van der Waals surface area contributed by atoms with Crippen LogP contribution in [0.1, 0.15) is 227 Å². The van der Waals surface area contributed by atoms with Crippen LogP contribution in [0.4, 0.5) is 0 Å². The molecule has 0 heterocycles. The molecule has 0 aromatic carbocycles. The smallest absolute Gasteiger partial charge is 0.550 e. The van der Waals surface area contributed by atoms with Crippen molar-refractivity contribution in [1.29, 1.82) is 0 Å². The van der Waals surface area contributed by atoms with Gasteiger partial charge in [0.15, 0.2) is 0 Å². The average Bonchev–Trinajstić information content (AvgIpc) is 3.01. The SMILES string of the molecule is [2H]C(CCCCCCCCCCCCCCC)C([2H])([2H])C(=O)[O-].[2H]C(CCCCCCCCCCCCCCC)C([2H])([2H])C(=O)[O-].[Mg+2]. The van der Waals surface area contributed by atoms with Crippen LogP contribution in [0, 0.1) is 0 Å². The molecule has 0 aromatic rings. The summed E-state index contributed by atoms with van der Waals surface area (Å²) in [6, 6.07) is 0. The zero-order valence-electron chi connectivity index (χ0n) is 33.3. The van der Waals surface area contributed by atoms with Gasteiger partial charge in [0.1, 0.15) is 0 Å². The van der Waals surface area contributed by atoms with Gasteiger partial charge in [-0.3, -0.25) is 0 Å². The molecule has 41 heavy (non-hydrogen) atoms. The van der Waals surface area contributed by atoms with Gasteiger partial charge < -0.3 is 19.8 Å². The molecule has 0 spiro atoms. The van der Waals surface area contributed by atoms with Gasteiger partial charge in [-0.2, -0.15) is 0 Å². The molecular formula is C36H70MgO4. The van der Waals surface area contributed by atoms with Crippen LogP contribution in [0.25, 0.3) is 0 Å². The second kappa shape index (κ2) is 41.8. The van der Waals surface area contributed by atoms with Crippen molar-refractivity contribution in [2.45, 2.75) is 219 Å². The van der Waals surface area contributed by atoms with Crippen molar-refractivity contribution < 1.29 is 28.0 Å². The van der Waals surface area contributed by atoms with E-state index < -0.39 is 37.5 Å². The normalized spacial score (nSPS) is 15.0. The van der Waals surface area contributed by atoms with Crippen LogP contribution >= 0.6 is 0 Å². The molecule has 0 rings (SSSR count). The van der Waals surface area contributed by atoms with Gasteiger partial charge >= 0.3 is 23.1 Å². The number of carboxylic acid groups (broad SMARTS) is 2. The number of carbonyl (C=O) groups is 2. The number of hydrogen-bond donors (Lipinski definition) is 0. The van der Waals surface area contributed by atoms with Gasteiger partial charge in [0, 0.05) is 20.2 Å². The van der Waals surface area contributed by atoms with Gasteiger partial charge in [0.2, 0.25) is 0 Å². The van der Waals surface area contributed by atoms with Crippen molar-refractivity contribution in [3.8, 4) is 0 Å². The molecular weight excluding hydrogens is 521 g/mol. The molecule has 0 aliphatic rings. The van der Waals surface area contributed by atoms with Gasteiger partial charge in [-0.15, -0.1) is 0 Å². The van der Waals surface area contributed by atoms with Gasteiger partial charge in [0.25, 0.3) is 0 Å². The van der Waals surface area contributed by atoms with Crippen LogP contribution in [-0.2, 0) is 9.59 Å². The maximum atomic E-state index is 10.6. The first kappa shape index (κ1) is 33.6. The van der Waals surface area contributed by atoms with Crippen molar-refractivity contribution >= 4 is 35.0 Å². The van der Waals surface area contributed by atoms with E-state index in [1.165, 1.54) is 128 Å². The van der Waals surface area contributed by atoms with Gasteiger partial charge in [0.05, 0.1) is 0 Å². The molecule has 0 radical (unpaired) electrons. The molecule has 0 saturated heterocycles. The maximum Gasteiger partial charge on any atom is 2.00 e. The number of hydrogen-bond acceptors (Lipinski definition) is 4. The molecule has 4 nitrogen and oxygen atoms in total. The van der Waals surface area contributed by atoms with E-state index in [-0.39, 0.29) is 23.1 Å². The molecule has 240 valence electrons. The van der Waals surface area contributed by atoms with E-state index in [9.17, 15) is 19.8 Å². The minimum absolute atomic E-state index is 0. The summed E-state index contributed by atoms with van der Waals surface area (Å²) in [5.74, 6) is -3.54. The second-order valence-electron chi connectivity index (χ2n) is 11.3. The zero-order chi connectivity index (χ0) is 35.1. The Bertz CT molecular complexity index is 657. The molecule has 0 saturated carbocycles. The quantitative estimate of drug-likeness (QED) is 0.0572. The summed E-state index contributed by atoms with van der Waals surface area (Å²) >= 11 is 0. The molecule has 5 heteroatoms. The minimum Gasteiger partial charge on any atom is -0.550 e. The largest absolute Gasteiger partial charge is 2.00 e. The molecule has 0 N–H and O–H groups in total. The van der Waals surface area contributed by atoms with Crippen LogP contribution < -0.4 is 10.2 Å². The summed E-state index contributed by atoms with van der Waals surface area (Å²) in [4.78, 5) is 21.2. The first-order valence-corrected chi connectivity index (χ1v) is 17.1. The predicted molar refractivity (Wildman–Crippen MR) is 175 cm³/mol. The summed E-state index contributed by atoms with van der Waals surface area (Å²) in [6.07, 6.45) is 25.0. The van der Waals surface area contributed by atoms with Crippen molar-refractivity contribution in [2.24, 2.45) is 0 Å². The van der Waals surface area contributed by atoms with E-state index in [1.54, 1.807) is 0 Å². The molecule has 0 aliphatic carbocycles. The summed E-state index contributed by atoms with van der Waals surface area (Å²) in [5, 5.41) is 21.2. The number of rotatable bonds is 32. The number of carboxylic acids is 2. The third kappa shape index (κ3) is 49.7. The molecule has 2 unspecified atom stereocenters. The first-order valence-electron chi connectivity index (χ1n) is 20.3. The standard InChI is InChI=1S/2C18H36O2.Mg/c2*1-2-3-4-5-6-7-8-9-10-11-12-13-14-15-16-17-18(19)20;/h2*2-17H2,1H3,(H,19,20);/q;;+2/p-2/i2*16D,17D2;. The van der Waals surface area contributed by atoms with Crippen molar-refractivity contribution in [2.75, 3.05) is 0 Å². The number of unbranched alkanes of at least 4 members (excludes halogenated alkanes) is 24. The van der Waals surface area contributed by atoms with Gasteiger partial charge in [-0.25, -0.2) is 0 Å². The summed E-state index contributed by atoms with van der Waals surface area (Å²) in [6.45, 7) is 4.48. The third-order valence-electron chi connectivity index (χ3n) is 7.34. The Morgan fingerprint density at radius 3 is 0.732 bits per heavy atom. The van der Waals surface area contributed by atoms with E-state index in [0.717, 1.165) is 38.5 Å². The predicted octanol–water partition coefficient (Wildman–Crippen LogP) is 9.61. The van der Waals surface area contributed by atoms with Crippen LogP contribution in [0.2, 0.25) is 0 Å². The minimum atomic E-state index is -2.53. The Morgan fingerprint density at radius 1 is 0.390 bits per heavy atom. The Hall–Kier alpha value is -0.294. The van der Waals surface area contributed by atoms with E-state index in [0.29, 0.717) is 12.8 Å². The van der Waals surface area contributed by atoms with Gasteiger partial charge in [-0.1, -0.05) is 194 Å². The molecule has 0 bridgehead atoms. The summed E-state index contributed by atoms with van der Waals surface area (Å²) in [5.41, 5.74) is 0. The van der Waals surface area contributed by atoms with Crippen molar-refractivity contribution in [1.82, 2.24) is 0 Å². The van der Waals surface area contributed by atoms with Crippen molar-refractivity contribution in [3.63, 3.8) is 0 Å². The second-order valence-corrected chi connectivity index (χ2v) is 11.3. The Balaban J connectivity index is -0.000000807. The fraction of sp³-hybridized carbons (Fsp3) is 0.944. The maximum absolute atomic E-state index is 10.6. The first-order chi connectivity index (χ1) is 21.8. The summed E-state index contributed by atoms with van der Waals surface area (Å²) < 4.78 is 44.2. The van der Waals surface area contributed by atoms with Gasteiger partial charge in [-0.05, 0) is 25.5 Å².